The number of nitrogens with zero attached hydrogens (tertiary/aromatic N) is 3. The van der Waals surface area contributed by atoms with Gasteiger partial charge in [-0.15, -0.1) is 10.2 Å². The first-order valence-electron chi connectivity index (χ1n) is 10.8. The van der Waals surface area contributed by atoms with Crippen molar-refractivity contribution < 1.29 is 14.3 Å². The molecule has 168 valence electrons. The van der Waals surface area contributed by atoms with Crippen LogP contribution in [0.4, 0.5) is 0 Å². The number of ether oxygens (including phenoxy) is 2. The Morgan fingerprint density at radius 1 is 1.09 bits per heavy atom. The van der Waals surface area contributed by atoms with Crippen molar-refractivity contribution in [2.75, 3.05) is 19.0 Å². The van der Waals surface area contributed by atoms with Crippen LogP contribution in [0.15, 0.2) is 53.7 Å². The third kappa shape index (κ3) is 5.07. The Hall–Kier alpha value is -3.00. The molecule has 1 N–H and O–H groups in total. The third-order valence-electron chi connectivity index (χ3n) is 5.26. The maximum absolute atomic E-state index is 12.9. The highest BCUT2D eigenvalue weighted by Gasteiger charge is 2.22. The number of fused-ring (bicyclic) bond motifs is 1. The number of rotatable bonds is 7. The van der Waals surface area contributed by atoms with Crippen molar-refractivity contribution in [1.29, 1.82) is 0 Å². The van der Waals surface area contributed by atoms with Crippen molar-refractivity contribution in [2.24, 2.45) is 5.92 Å². The van der Waals surface area contributed by atoms with E-state index in [0.29, 0.717) is 18.4 Å². The molecule has 1 atom stereocenters. The summed E-state index contributed by atoms with van der Waals surface area (Å²) in [5.41, 5.74) is 1.98. The van der Waals surface area contributed by atoms with Crippen molar-refractivity contribution in [2.45, 2.75) is 38.4 Å². The molecule has 1 unspecified atom stereocenters. The van der Waals surface area contributed by atoms with Crippen LogP contribution >= 0.6 is 11.8 Å². The van der Waals surface area contributed by atoms with Crippen molar-refractivity contribution >= 4 is 17.7 Å². The fourth-order valence-corrected chi connectivity index (χ4v) is 4.47. The minimum absolute atomic E-state index is 0.0546. The molecule has 2 heterocycles. The molecule has 3 aromatic rings. The van der Waals surface area contributed by atoms with Crippen LogP contribution in [0.1, 0.15) is 37.7 Å². The highest BCUT2D eigenvalue weighted by molar-refractivity contribution is 7.99. The Morgan fingerprint density at radius 3 is 2.59 bits per heavy atom. The Bertz CT molecular complexity index is 1070. The van der Waals surface area contributed by atoms with E-state index in [1.807, 2.05) is 60.0 Å². The predicted octanol–water partition coefficient (Wildman–Crippen LogP) is 4.34. The smallest absolute Gasteiger partial charge is 0.230 e. The topological polar surface area (TPSA) is 78.3 Å². The van der Waals surface area contributed by atoms with Crippen LogP contribution in [0.3, 0.4) is 0 Å². The summed E-state index contributed by atoms with van der Waals surface area (Å²) in [7, 11) is 0. The third-order valence-corrected chi connectivity index (χ3v) is 6.18. The van der Waals surface area contributed by atoms with Crippen molar-refractivity contribution in [3.8, 4) is 17.2 Å². The van der Waals surface area contributed by atoms with Gasteiger partial charge in [0.15, 0.2) is 16.7 Å². The number of thioether (sulfide) groups is 1. The van der Waals surface area contributed by atoms with Gasteiger partial charge >= 0.3 is 0 Å². The average molecular weight is 453 g/mol. The molecule has 0 saturated carbocycles. The van der Waals surface area contributed by atoms with Gasteiger partial charge in [-0.1, -0.05) is 49.9 Å². The van der Waals surface area contributed by atoms with Gasteiger partial charge in [0.05, 0.1) is 25.0 Å². The van der Waals surface area contributed by atoms with Crippen LogP contribution < -0.4 is 14.8 Å². The summed E-state index contributed by atoms with van der Waals surface area (Å²) in [4.78, 5) is 12.9. The molecule has 2 aromatic carbocycles. The first-order chi connectivity index (χ1) is 15.5. The first kappa shape index (κ1) is 22.2. The molecule has 1 amide bonds. The minimum Gasteiger partial charge on any atom is -0.490 e. The van der Waals surface area contributed by atoms with E-state index >= 15 is 0 Å². The lowest BCUT2D eigenvalue weighted by molar-refractivity contribution is -0.119. The first-order valence-corrected chi connectivity index (χ1v) is 11.8. The molecular weight excluding hydrogens is 424 g/mol. The molecule has 8 heteroatoms. The summed E-state index contributed by atoms with van der Waals surface area (Å²) in [6, 6.07) is 15.7. The Labute approximate surface area is 192 Å². The average Bonchev–Trinajstić information content (AvgIpc) is 3.01. The molecule has 4 rings (SSSR count). The molecule has 7 nitrogen and oxygen atoms in total. The van der Waals surface area contributed by atoms with Crippen LogP contribution in [-0.4, -0.2) is 39.6 Å². The summed E-state index contributed by atoms with van der Waals surface area (Å²) >= 11 is 1.38. The zero-order valence-electron chi connectivity index (χ0n) is 18.6. The zero-order valence-corrected chi connectivity index (χ0v) is 19.4. The Morgan fingerprint density at radius 2 is 1.84 bits per heavy atom. The maximum Gasteiger partial charge on any atom is 0.230 e. The molecule has 0 aliphatic carbocycles. The van der Waals surface area contributed by atoms with E-state index in [4.69, 9.17) is 9.47 Å². The zero-order chi connectivity index (χ0) is 22.5. The number of hydrogen-bond donors (Lipinski definition) is 1. The minimum atomic E-state index is -0.131. The molecule has 1 aliphatic heterocycles. The van der Waals surface area contributed by atoms with E-state index in [2.05, 4.69) is 29.4 Å². The van der Waals surface area contributed by atoms with E-state index in [-0.39, 0.29) is 23.6 Å². The lowest BCUT2D eigenvalue weighted by Crippen LogP contribution is -2.33. The maximum atomic E-state index is 12.9. The lowest BCUT2D eigenvalue weighted by atomic mass is 9.95. The second-order valence-corrected chi connectivity index (χ2v) is 8.98. The van der Waals surface area contributed by atoms with Gasteiger partial charge in [0.2, 0.25) is 5.91 Å². The van der Waals surface area contributed by atoms with E-state index in [0.717, 1.165) is 35.0 Å². The van der Waals surface area contributed by atoms with Gasteiger partial charge in [-0.05, 0) is 42.7 Å². The molecule has 0 spiro atoms. The number of benzene rings is 2. The van der Waals surface area contributed by atoms with Crippen LogP contribution in [0.25, 0.3) is 5.69 Å². The number of amides is 1. The molecule has 0 saturated heterocycles. The normalized spacial score (nSPS) is 14.1. The molecule has 0 radical (unpaired) electrons. The van der Waals surface area contributed by atoms with E-state index in [1.54, 1.807) is 0 Å². The Kier molecular flexibility index (Phi) is 6.99. The summed E-state index contributed by atoms with van der Waals surface area (Å²) in [5, 5.41) is 12.3. The van der Waals surface area contributed by atoms with E-state index < -0.39 is 0 Å². The second kappa shape index (κ2) is 10.1. The van der Waals surface area contributed by atoms with Gasteiger partial charge in [0.25, 0.3) is 0 Å². The standard InChI is InChI=1S/C24H28N4O3S/c1-16(2)23(18-10-11-20-21(14-18)31-13-7-12-30-20)25-22(29)15-32-24-27-26-17(3)28(24)19-8-5-4-6-9-19/h4-6,8-11,14,16,23H,7,12-13,15H2,1-3H3,(H,25,29). The van der Waals surface area contributed by atoms with Gasteiger partial charge in [-0.2, -0.15) is 0 Å². The Balaban J connectivity index is 1.45. The van der Waals surface area contributed by atoms with Crippen molar-refractivity contribution in [3.63, 3.8) is 0 Å². The summed E-state index contributed by atoms with van der Waals surface area (Å²) in [6.07, 6.45) is 0.860. The number of nitrogens with one attached hydrogen (secondary N) is 1. The number of para-hydroxylation sites is 1. The number of carbonyl (C=O) groups excluding carboxylic acids is 1. The highest BCUT2D eigenvalue weighted by Crippen LogP contribution is 2.34. The van der Waals surface area contributed by atoms with Gasteiger partial charge in [-0.3, -0.25) is 9.36 Å². The number of aryl methyl sites for hydroxylation is 1. The van der Waals surface area contributed by atoms with Crippen molar-refractivity contribution in [3.05, 3.63) is 59.9 Å². The molecule has 1 aliphatic rings. The van der Waals surface area contributed by atoms with Gasteiger partial charge in [0.1, 0.15) is 5.82 Å². The monoisotopic (exact) mass is 452 g/mol. The van der Waals surface area contributed by atoms with E-state index in [9.17, 15) is 4.79 Å². The van der Waals surface area contributed by atoms with Crippen LogP contribution in [0, 0.1) is 12.8 Å². The highest BCUT2D eigenvalue weighted by atomic mass is 32.2. The molecule has 32 heavy (non-hydrogen) atoms. The predicted molar refractivity (Wildman–Crippen MR) is 125 cm³/mol. The van der Waals surface area contributed by atoms with Crippen molar-refractivity contribution in [1.82, 2.24) is 20.1 Å². The summed E-state index contributed by atoms with van der Waals surface area (Å²) in [6.45, 7) is 7.38. The van der Waals surface area contributed by atoms with E-state index in [1.165, 1.54) is 11.8 Å². The van der Waals surface area contributed by atoms with Crippen LogP contribution in [-0.2, 0) is 4.79 Å². The second-order valence-electron chi connectivity index (χ2n) is 8.04. The molecule has 1 aromatic heterocycles. The summed E-state index contributed by atoms with van der Waals surface area (Å²) < 4.78 is 13.5. The quantitative estimate of drug-likeness (QED) is 0.537. The number of carbonyl (C=O) groups is 1. The summed E-state index contributed by atoms with van der Waals surface area (Å²) in [5.74, 6) is 2.68. The SMILES string of the molecule is Cc1nnc(SCC(=O)NC(c2ccc3c(c2)OCCCO3)C(C)C)n1-c1ccccc1. The molecule has 0 fully saturated rings. The van der Waals surface area contributed by atoms with Gasteiger partial charge in [-0.25, -0.2) is 0 Å². The van der Waals surface area contributed by atoms with Crippen LogP contribution in [0.2, 0.25) is 0 Å². The van der Waals surface area contributed by atoms with Gasteiger partial charge in [0, 0.05) is 12.1 Å². The fourth-order valence-electron chi connectivity index (χ4n) is 3.66. The van der Waals surface area contributed by atoms with Gasteiger partial charge < -0.3 is 14.8 Å². The fraction of sp³-hybridized carbons (Fsp3) is 0.375. The molecule has 0 bridgehead atoms. The molecular formula is C24H28N4O3S. The largest absolute Gasteiger partial charge is 0.490 e. The number of hydrogen-bond acceptors (Lipinski definition) is 6. The number of aromatic nitrogens is 3. The lowest BCUT2D eigenvalue weighted by Gasteiger charge is -2.24. The van der Waals surface area contributed by atoms with Crippen LogP contribution in [0.5, 0.6) is 11.5 Å².